The molecule has 0 radical (unpaired) electrons. The summed E-state index contributed by atoms with van der Waals surface area (Å²) in [7, 11) is -2.94. The fraction of sp³-hybridized carbons (Fsp3) is 0.250. The molecule has 1 amide bonds. The number of nitrogens with two attached hydrogens (primary N) is 1. The molecule has 210 valence electrons. The van der Waals surface area contributed by atoms with Gasteiger partial charge in [-0.15, -0.1) is 0 Å². The Balaban J connectivity index is 1.96. The summed E-state index contributed by atoms with van der Waals surface area (Å²) in [6.45, 7) is 3.09. The maximum absolute atomic E-state index is 15.2. The topological polar surface area (TPSA) is 135 Å². The highest BCUT2D eigenvalue weighted by Gasteiger charge is 2.27. The summed E-state index contributed by atoms with van der Waals surface area (Å²) in [6, 6.07) is 5.95. The van der Waals surface area contributed by atoms with E-state index in [1.54, 1.807) is 0 Å². The lowest BCUT2D eigenvalue weighted by Gasteiger charge is -2.25. The molecule has 3 rings (SSSR count). The fourth-order valence-corrected chi connectivity index (χ4v) is 5.34. The van der Waals surface area contributed by atoms with Crippen molar-refractivity contribution in [2.24, 2.45) is 5.73 Å². The van der Waals surface area contributed by atoms with Crippen LogP contribution >= 0.6 is 22.6 Å². The van der Waals surface area contributed by atoms with Crippen LogP contribution in [0.5, 0.6) is 0 Å². The first-order valence-electron chi connectivity index (χ1n) is 11.1. The smallest absolute Gasteiger partial charge is 0.300 e. The van der Waals surface area contributed by atoms with Crippen LogP contribution in [0.4, 0.5) is 34.8 Å². The average molecular weight is 681 g/mol. The molecule has 5 N–H and O–H groups in total. The molecule has 0 aliphatic rings. The van der Waals surface area contributed by atoms with Crippen LogP contribution in [-0.2, 0) is 21.4 Å². The highest BCUT2D eigenvalue weighted by molar-refractivity contribution is 14.1. The summed E-state index contributed by atoms with van der Waals surface area (Å²) < 4.78 is 94.4. The Hall–Kier alpha value is -3.02. The fourth-order valence-electron chi connectivity index (χ4n) is 3.65. The van der Waals surface area contributed by atoms with Crippen LogP contribution in [-0.4, -0.2) is 38.6 Å². The summed E-state index contributed by atoms with van der Waals surface area (Å²) >= 11 is 1.86. The van der Waals surface area contributed by atoms with Gasteiger partial charge in [-0.25, -0.2) is 22.5 Å². The van der Waals surface area contributed by atoms with Gasteiger partial charge >= 0.3 is 10.2 Å². The minimum Gasteiger partial charge on any atom is -0.383 e. The summed E-state index contributed by atoms with van der Waals surface area (Å²) in [5.41, 5.74) is 2.15. The lowest BCUT2D eigenvalue weighted by Crippen LogP contribution is -2.49. The number of methoxy groups -OCH3 is 1. The summed E-state index contributed by atoms with van der Waals surface area (Å²) in [5.74, 6) is -6.78. The molecule has 0 spiro atoms. The number of hydrogen-bond donors (Lipinski definition) is 4. The number of nitrogens with zero attached hydrogens (tertiary/aromatic N) is 1. The zero-order valence-corrected chi connectivity index (χ0v) is 23.8. The molecule has 0 unspecified atom stereocenters. The second-order valence-electron chi connectivity index (χ2n) is 9.03. The Morgan fingerprint density at radius 1 is 1.08 bits per heavy atom. The van der Waals surface area contributed by atoms with E-state index < -0.39 is 74.0 Å². The van der Waals surface area contributed by atoms with E-state index in [1.165, 1.54) is 33.1 Å². The molecule has 0 bridgehead atoms. The van der Waals surface area contributed by atoms with Crippen molar-refractivity contribution >= 4 is 55.9 Å². The maximum atomic E-state index is 15.2. The number of anilines is 3. The van der Waals surface area contributed by atoms with Crippen molar-refractivity contribution in [2.45, 2.75) is 25.8 Å². The Morgan fingerprint density at radius 3 is 2.38 bits per heavy atom. The molecule has 0 fully saturated rings. The molecule has 1 heterocycles. The highest BCUT2D eigenvalue weighted by Crippen LogP contribution is 2.32. The number of rotatable bonds is 11. The number of nitrogens with one attached hydrogen (secondary N) is 3. The quantitative estimate of drug-likeness (QED) is 0.176. The molecule has 0 aliphatic heterocycles. The second-order valence-corrected chi connectivity index (χ2v) is 11.7. The molecule has 9 nitrogen and oxygen atoms in total. The number of carbonyl (C=O) groups excluding carboxylic acids is 1. The van der Waals surface area contributed by atoms with E-state index in [4.69, 9.17) is 10.5 Å². The molecular weight excluding hydrogens is 657 g/mol. The SMILES string of the molecule is COCC(C)(C)NS(=O)(=O)Nc1nccc(Cc2cc(C(N)=O)c(Nc3ccc(I)cc3F)c(F)c2F)c1F. The number of hydrogen-bond acceptors (Lipinski definition) is 6. The largest absolute Gasteiger partial charge is 0.383 e. The minimum atomic E-state index is -4.32. The number of amides is 1. The standard InChI is InChI=1S/C24H24F4IN5O4S/c1-24(2,11-38-3)34-39(36,37)33-23-19(27)12(6-7-31-23)8-13-9-15(22(30)35)21(20(28)18(13)26)32-17-5-4-14(29)10-16(17)25/h4-7,9-10,32,34H,8,11H2,1-3H3,(H2,30,35)(H,31,33). The number of ether oxygens (including phenoxy) is 1. The van der Waals surface area contributed by atoms with Crippen LogP contribution in [0.3, 0.4) is 0 Å². The molecule has 39 heavy (non-hydrogen) atoms. The van der Waals surface area contributed by atoms with Crippen molar-refractivity contribution in [3.63, 3.8) is 0 Å². The van der Waals surface area contributed by atoms with Gasteiger partial charge in [-0.1, -0.05) is 0 Å². The molecule has 1 aromatic heterocycles. The van der Waals surface area contributed by atoms with Crippen molar-refractivity contribution < 1.29 is 35.5 Å². The number of benzene rings is 2. The van der Waals surface area contributed by atoms with E-state index >= 15 is 13.2 Å². The maximum Gasteiger partial charge on any atom is 0.300 e. The van der Waals surface area contributed by atoms with Crippen LogP contribution in [0.1, 0.15) is 35.3 Å². The first-order chi connectivity index (χ1) is 18.1. The first kappa shape index (κ1) is 30.5. The molecule has 0 saturated heterocycles. The van der Waals surface area contributed by atoms with E-state index in [1.807, 2.05) is 27.3 Å². The molecule has 0 aliphatic carbocycles. The lowest BCUT2D eigenvalue weighted by atomic mass is 10.00. The third-order valence-corrected chi connectivity index (χ3v) is 7.19. The third kappa shape index (κ3) is 7.55. The normalized spacial score (nSPS) is 11.9. The number of primary amides is 1. The molecule has 2 aromatic carbocycles. The van der Waals surface area contributed by atoms with Crippen LogP contribution in [0.2, 0.25) is 0 Å². The second kappa shape index (κ2) is 12.0. The average Bonchev–Trinajstić information content (AvgIpc) is 2.81. The van der Waals surface area contributed by atoms with Crippen molar-refractivity contribution in [2.75, 3.05) is 23.8 Å². The summed E-state index contributed by atoms with van der Waals surface area (Å²) in [5, 5.41) is 2.35. The van der Waals surface area contributed by atoms with Crippen molar-refractivity contribution in [3.8, 4) is 0 Å². The van der Waals surface area contributed by atoms with E-state index in [0.717, 1.165) is 24.4 Å². The minimum absolute atomic E-state index is 0.0119. The van der Waals surface area contributed by atoms with Crippen molar-refractivity contribution in [3.05, 3.63) is 80.1 Å². The molecule has 3 aromatic rings. The van der Waals surface area contributed by atoms with Crippen molar-refractivity contribution in [1.82, 2.24) is 9.71 Å². The van der Waals surface area contributed by atoms with Crippen molar-refractivity contribution in [1.29, 1.82) is 0 Å². The number of halogens is 5. The Morgan fingerprint density at radius 2 is 1.77 bits per heavy atom. The van der Waals surface area contributed by atoms with Gasteiger partial charge in [0, 0.05) is 23.3 Å². The van der Waals surface area contributed by atoms with Gasteiger partial charge in [-0.05, 0) is 77.9 Å². The van der Waals surface area contributed by atoms with Gasteiger partial charge in [0.05, 0.1) is 29.1 Å². The van der Waals surface area contributed by atoms with Gasteiger partial charge in [-0.3, -0.25) is 9.52 Å². The number of pyridine rings is 1. The van der Waals surface area contributed by atoms with Crippen LogP contribution in [0, 0.1) is 26.8 Å². The van der Waals surface area contributed by atoms with Gasteiger partial charge in [0.2, 0.25) is 0 Å². The monoisotopic (exact) mass is 681 g/mol. The van der Waals surface area contributed by atoms with E-state index in [-0.39, 0.29) is 17.9 Å². The van der Waals surface area contributed by atoms with Crippen LogP contribution < -0.4 is 20.5 Å². The Kier molecular flexibility index (Phi) is 9.40. The molecule has 15 heteroatoms. The van der Waals surface area contributed by atoms with Gasteiger partial charge in [0.25, 0.3) is 5.91 Å². The van der Waals surface area contributed by atoms with E-state index in [2.05, 4.69) is 15.0 Å². The third-order valence-electron chi connectivity index (χ3n) is 5.24. The number of aromatic nitrogens is 1. The van der Waals surface area contributed by atoms with Gasteiger partial charge in [-0.2, -0.15) is 13.1 Å². The first-order valence-corrected chi connectivity index (χ1v) is 13.7. The zero-order chi connectivity index (χ0) is 29.1. The highest BCUT2D eigenvalue weighted by atomic mass is 127. The van der Waals surface area contributed by atoms with Crippen LogP contribution in [0.15, 0.2) is 36.5 Å². The Labute approximate surface area is 235 Å². The molecule has 0 atom stereocenters. The van der Waals surface area contributed by atoms with Gasteiger partial charge in [0.15, 0.2) is 23.3 Å². The van der Waals surface area contributed by atoms with Gasteiger partial charge < -0.3 is 15.8 Å². The summed E-state index contributed by atoms with van der Waals surface area (Å²) in [4.78, 5) is 15.8. The van der Waals surface area contributed by atoms with Crippen LogP contribution in [0.25, 0.3) is 0 Å². The zero-order valence-electron chi connectivity index (χ0n) is 20.8. The van der Waals surface area contributed by atoms with E-state index in [0.29, 0.717) is 3.57 Å². The Bertz CT molecular complexity index is 1520. The van der Waals surface area contributed by atoms with Gasteiger partial charge in [0.1, 0.15) is 5.82 Å². The predicted octanol–water partition coefficient (Wildman–Crippen LogP) is 4.35. The number of carbonyl (C=O) groups is 1. The molecular formula is C24H24F4IN5O4S. The van der Waals surface area contributed by atoms with E-state index in [9.17, 15) is 17.6 Å². The predicted molar refractivity (Wildman–Crippen MR) is 146 cm³/mol. The molecule has 0 saturated carbocycles. The lowest BCUT2D eigenvalue weighted by molar-refractivity contribution is 0.100. The summed E-state index contributed by atoms with van der Waals surface area (Å²) in [6.07, 6.45) is 0.460.